The summed E-state index contributed by atoms with van der Waals surface area (Å²) < 4.78 is 8.49. The molecule has 0 fully saturated rings. The number of hydrogen-bond donors (Lipinski definition) is 1. The molecular formula is C5H6ClN3O2S. The van der Waals surface area contributed by atoms with Gasteiger partial charge in [0.1, 0.15) is 5.88 Å². The topological polar surface area (TPSA) is 64.1 Å². The monoisotopic (exact) mass is 207 g/mol. The van der Waals surface area contributed by atoms with Crippen molar-refractivity contribution in [2.45, 2.75) is 0 Å². The fourth-order valence-electron chi connectivity index (χ4n) is 0.496. The number of anilines is 1. The number of ether oxygens (including phenoxy) is 1. The number of hydrogen-bond acceptors (Lipinski definition) is 5. The molecule has 7 heteroatoms. The summed E-state index contributed by atoms with van der Waals surface area (Å²) in [7, 11) is 1.45. The Hall–Kier alpha value is -0.880. The summed E-state index contributed by atoms with van der Waals surface area (Å²) in [4.78, 5) is 14.5. The minimum Gasteiger partial charge on any atom is -0.466 e. The average Bonchev–Trinajstić information content (AvgIpc) is 2.52. The van der Waals surface area contributed by atoms with Gasteiger partial charge in [-0.1, -0.05) is 0 Å². The zero-order valence-electron chi connectivity index (χ0n) is 6.20. The normalized spacial score (nSPS) is 9.50. The van der Waals surface area contributed by atoms with Gasteiger partial charge < -0.3 is 4.74 Å². The molecule has 0 saturated carbocycles. The summed E-state index contributed by atoms with van der Waals surface area (Å²) in [6, 6.07) is 0.241. The van der Waals surface area contributed by atoms with E-state index in [4.69, 9.17) is 16.3 Å². The molecule has 0 aliphatic carbocycles. The fourth-order valence-corrected chi connectivity index (χ4v) is 1.12. The molecule has 0 aliphatic rings. The minimum atomic E-state index is -0.310. The van der Waals surface area contributed by atoms with Gasteiger partial charge in [-0.3, -0.25) is 10.1 Å². The van der Waals surface area contributed by atoms with Gasteiger partial charge in [0.05, 0.1) is 7.11 Å². The number of carbonyl (C=O) groups is 1. The molecule has 1 heterocycles. The lowest BCUT2D eigenvalue weighted by molar-refractivity contribution is -0.113. The van der Waals surface area contributed by atoms with E-state index < -0.39 is 0 Å². The molecule has 66 valence electrons. The lowest BCUT2D eigenvalue weighted by Gasteiger charge is -1.93. The number of aromatic nitrogens is 2. The SMILES string of the molecule is COc1nsc(NC(=O)CCl)n1. The Bertz CT molecular complexity index is 277. The van der Waals surface area contributed by atoms with Crippen molar-refractivity contribution in [3.05, 3.63) is 0 Å². The molecule has 0 unspecified atom stereocenters. The van der Waals surface area contributed by atoms with E-state index in [0.29, 0.717) is 5.13 Å². The van der Waals surface area contributed by atoms with Crippen molar-refractivity contribution in [3.8, 4) is 6.01 Å². The Morgan fingerprint density at radius 1 is 1.83 bits per heavy atom. The van der Waals surface area contributed by atoms with Crippen LogP contribution >= 0.6 is 23.1 Å². The van der Waals surface area contributed by atoms with Gasteiger partial charge in [0.25, 0.3) is 0 Å². The van der Waals surface area contributed by atoms with Gasteiger partial charge in [-0.2, -0.15) is 4.98 Å². The first-order valence-corrected chi connectivity index (χ1v) is 4.30. The van der Waals surface area contributed by atoms with Crippen molar-refractivity contribution in [2.75, 3.05) is 18.3 Å². The maximum Gasteiger partial charge on any atom is 0.329 e. The van der Waals surface area contributed by atoms with Crippen LogP contribution in [0.3, 0.4) is 0 Å². The predicted octanol–water partition coefficient (Wildman–Crippen LogP) is 0.724. The third kappa shape index (κ3) is 2.31. The van der Waals surface area contributed by atoms with Gasteiger partial charge in [-0.05, 0) is 0 Å². The van der Waals surface area contributed by atoms with Gasteiger partial charge >= 0.3 is 6.01 Å². The summed E-state index contributed by atoms with van der Waals surface area (Å²) in [5.74, 6) is -0.405. The van der Waals surface area contributed by atoms with E-state index in [1.54, 1.807) is 0 Å². The van der Waals surface area contributed by atoms with Crippen molar-refractivity contribution in [1.29, 1.82) is 0 Å². The van der Waals surface area contributed by atoms with Crippen LogP contribution in [0.4, 0.5) is 5.13 Å². The summed E-state index contributed by atoms with van der Waals surface area (Å²) in [5, 5.41) is 2.83. The molecule has 0 spiro atoms. The van der Waals surface area contributed by atoms with Crippen LogP contribution in [-0.4, -0.2) is 28.3 Å². The first-order valence-electron chi connectivity index (χ1n) is 2.99. The number of halogens is 1. The molecule has 1 amide bonds. The highest BCUT2D eigenvalue weighted by atomic mass is 35.5. The van der Waals surface area contributed by atoms with E-state index in [1.807, 2.05) is 0 Å². The molecule has 0 radical (unpaired) electrons. The van der Waals surface area contributed by atoms with Crippen molar-refractivity contribution in [2.24, 2.45) is 0 Å². The molecule has 0 atom stereocenters. The maximum absolute atomic E-state index is 10.7. The van der Waals surface area contributed by atoms with Crippen LogP contribution < -0.4 is 10.1 Å². The van der Waals surface area contributed by atoms with Crippen LogP contribution in [0, 0.1) is 0 Å². The Morgan fingerprint density at radius 3 is 3.08 bits per heavy atom. The highest BCUT2D eigenvalue weighted by Crippen LogP contribution is 2.15. The van der Waals surface area contributed by atoms with Crippen LogP contribution in [0.15, 0.2) is 0 Å². The summed E-state index contributed by atoms with van der Waals surface area (Å²) in [6.45, 7) is 0. The van der Waals surface area contributed by atoms with Crippen molar-refractivity contribution < 1.29 is 9.53 Å². The summed E-state index contributed by atoms with van der Waals surface area (Å²) in [6.07, 6.45) is 0. The van der Waals surface area contributed by atoms with E-state index in [1.165, 1.54) is 7.11 Å². The third-order valence-electron chi connectivity index (χ3n) is 0.958. The molecule has 0 aliphatic heterocycles. The smallest absolute Gasteiger partial charge is 0.329 e. The second kappa shape index (κ2) is 4.22. The number of carbonyl (C=O) groups excluding carboxylic acids is 1. The number of methoxy groups -OCH3 is 1. The molecular weight excluding hydrogens is 202 g/mol. The van der Waals surface area contributed by atoms with E-state index in [-0.39, 0.29) is 17.8 Å². The average molecular weight is 208 g/mol. The standard InChI is InChI=1S/C5H6ClN3O2S/c1-11-4-8-5(12-9-4)7-3(10)2-6/h2H2,1H3,(H,7,8,9,10). The van der Waals surface area contributed by atoms with Gasteiger partial charge in [-0.25, -0.2) is 0 Å². The van der Waals surface area contributed by atoms with Crippen molar-refractivity contribution >= 4 is 34.2 Å². The van der Waals surface area contributed by atoms with Crippen LogP contribution in [0.5, 0.6) is 6.01 Å². The molecule has 12 heavy (non-hydrogen) atoms. The summed E-state index contributed by atoms with van der Waals surface area (Å²) >= 11 is 6.30. The van der Waals surface area contributed by atoms with Crippen molar-refractivity contribution in [3.63, 3.8) is 0 Å². The molecule has 0 bridgehead atoms. The second-order valence-corrected chi connectivity index (χ2v) is 2.79. The number of amides is 1. The Balaban J connectivity index is 2.58. The summed E-state index contributed by atoms with van der Waals surface area (Å²) in [5.41, 5.74) is 0. The van der Waals surface area contributed by atoms with E-state index in [2.05, 4.69) is 14.7 Å². The Morgan fingerprint density at radius 2 is 2.58 bits per heavy atom. The van der Waals surface area contributed by atoms with Gasteiger partial charge in [0.15, 0.2) is 0 Å². The predicted molar refractivity (Wildman–Crippen MR) is 45.8 cm³/mol. The van der Waals surface area contributed by atoms with Crippen LogP contribution in [0.2, 0.25) is 0 Å². The number of rotatable bonds is 3. The quantitative estimate of drug-likeness (QED) is 0.742. The van der Waals surface area contributed by atoms with E-state index in [0.717, 1.165) is 11.5 Å². The molecule has 1 N–H and O–H groups in total. The molecule has 0 aromatic carbocycles. The molecule has 5 nitrogen and oxygen atoms in total. The molecule has 1 aromatic heterocycles. The van der Waals surface area contributed by atoms with Gasteiger partial charge in [0, 0.05) is 11.5 Å². The maximum atomic E-state index is 10.7. The van der Waals surface area contributed by atoms with Gasteiger partial charge in [-0.15, -0.1) is 16.0 Å². The van der Waals surface area contributed by atoms with Crippen LogP contribution in [0.1, 0.15) is 0 Å². The fraction of sp³-hybridized carbons (Fsp3) is 0.400. The van der Waals surface area contributed by atoms with E-state index in [9.17, 15) is 4.79 Å². The first-order chi connectivity index (χ1) is 5.76. The Kier molecular flexibility index (Phi) is 3.24. The largest absolute Gasteiger partial charge is 0.466 e. The molecule has 1 rings (SSSR count). The highest BCUT2D eigenvalue weighted by molar-refractivity contribution is 7.10. The first kappa shape index (κ1) is 9.21. The van der Waals surface area contributed by atoms with E-state index >= 15 is 0 Å². The second-order valence-electron chi connectivity index (χ2n) is 1.77. The zero-order valence-corrected chi connectivity index (χ0v) is 7.78. The third-order valence-corrected chi connectivity index (χ3v) is 1.81. The Labute approximate surface area is 77.9 Å². The minimum absolute atomic E-state index is 0.0953. The number of nitrogens with zero attached hydrogens (tertiary/aromatic N) is 2. The number of alkyl halides is 1. The lowest BCUT2D eigenvalue weighted by Crippen LogP contribution is -2.12. The molecule has 1 aromatic rings. The lowest BCUT2D eigenvalue weighted by atomic mass is 10.7. The van der Waals surface area contributed by atoms with Crippen molar-refractivity contribution in [1.82, 2.24) is 9.36 Å². The van der Waals surface area contributed by atoms with Gasteiger partial charge in [0.2, 0.25) is 11.0 Å². The molecule has 0 saturated heterocycles. The zero-order chi connectivity index (χ0) is 8.97. The highest BCUT2D eigenvalue weighted by Gasteiger charge is 2.05. The van der Waals surface area contributed by atoms with Crippen LogP contribution in [-0.2, 0) is 4.79 Å². The number of nitrogens with one attached hydrogen (secondary N) is 1. The van der Waals surface area contributed by atoms with Crippen LogP contribution in [0.25, 0.3) is 0 Å².